The largest absolute Gasteiger partial charge is 0.310 e. The maximum absolute atomic E-state index is 2.37. The zero-order chi connectivity index (χ0) is 32.8. The molecule has 49 heavy (non-hydrogen) atoms. The van der Waals surface area contributed by atoms with Crippen LogP contribution in [0.2, 0.25) is 0 Å². The van der Waals surface area contributed by atoms with E-state index in [4.69, 9.17) is 0 Å². The molecule has 8 rings (SSSR count). The molecule has 1 nitrogen and oxygen atoms in total. The van der Waals surface area contributed by atoms with E-state index >= 15 is 0 Å². The minimum absolute atomic E-state index is 1.10. The summed E-state index contributed by atoms with van der Waals surface area (Å²) in [5, 5.41) is 0. The monoisotopic (exact) mass is 625 g/mol. The van der Waals surface area contributed by atoms with Crippen molar-refractivity contribution in [1.82, 2.24) is 0 Å². The second kappa shape index (κ2) is 13.7. The fourth-order valence-electron chi connectivity index (χ4n) is 6.54. The lowest BCUT2D eigenvalue weighted by atomic mass is 9.94. The molecule has 0 heterocycles. The van der Waals surface area contributed by atoms with Crippen LogP contribution in [0.3, 0.4) is 0 Å². The highest BCUT2D eigenvalue weighted by Gasteiger charge is 2.18. The van der Waals surface area contributed by atoms with Crippen molar-refractivity contribution in [3.63, 3.8) is 0 Å². The predicted octanol–water partition coefficient (Wildman–Crippen LogP) is 13.5. The quantitative estimate of drug-likeness (QED) is 0.162. The first-order valence-corrected chi connectivity index (χ1v) is 16.8. The molecule has 0 amide bonds. The Balaban J connectivity index is 1.21. The Morgan fingerprint density at radius 2 is 0.531 bits per heavy atom. The number of anilines is 3. The average molecular weight is 626 g/mol. The Kier molecular flexibility index (Phi) is 8.39. The molecule has 232 valence electrons. The Labute approximate surface area is 289 Å². The minimum atomic E-state index is 1.10. The van der Waals surface area contributed by atoms with Crippen molar-refractivity contribution in [3.05, 3.63) is 212 Å². The summed E-state index contributed by atoms with van der Waals surface area (Å²) >= 11 is 0. The van der Waals surface area contributed by atoms with Crippen LogP contribution < -0.4 is 4.90 Å². The van der Waals surface area contributed by atoms with Crippen LogP contribution >= 0.6 is 0 Å². The molecule has 8 aromatic rings. The van der Waals surface area contributed by atoms with E-state index in [1.54, 1.807) is 0 Å². The highest BCUT2D eigenvalue weighted by Crippen LogP contribution is 2.43. The van der Waals surface area contributed by atoms with Gasteiger partial charge in [0.05, 0.1) is 5.69 Å². The van der Waals surface area contributed by atoms with Crippen LogP contribution in [-0.4, -0.2) is 0 Å². The van der Waals surface area contributed by atoms with Crippen molar-refractivity contribution < 1.29 is 0 Å². The molecule has 0 atom stereocenters. The minimum Gasteiger partial charge on any atom is -0.310 e. The second-order valence-electron chi connectivity index (χ2n) is 12.2. The Hall–Kier alpha value is -6.44. The SMILES string of the molecule is c1ccc(-c2ccc(-c3ccc(N(c4ccccc4)c4ccc(-c5ccccc5)cc4-c4ccc(-c5ccccc5)cc4)cc3)cc2)cc1. The first-order valence-electron chi connectivity index (χ1n) is 16.8. The molecule has 1 heteroatoms. The molecule has 0 radical (unpaired) electrons. The molecule has 0 bridgehead atoms. The van der Waals surface area contributed by atoms with Gasteiger partial charge in [-0.15, -0.1) is 0 Å². The Bertz CT molecular complexity index is 2260. The van der Waals surface area contributed by atoms with Crippen molar-refractivity contribution in [1.29, 1.82) is 0 Å². The second-order valence-corrected chi connectivity index (χ2v) is 12.2. The zero-order valence-corrected chi connectivity index (χ0v) is 27.2. The van der Waals surface area contributed by atoms with E-state index in [1.807, 2.05) is 0 Å². The van der Waals surface area contributed by atoms with E-state index in [9.17, 15) is 0 Å². The molecule has 0 aliphatic carbocycles. The molecule has 0 saturated heterocycles. The van der Waals surface area contributed by atoms with Gasteiger partial charge in [-0.3, -0.25) is 0 Å². The standard InChI is InChI=1S/C48H35N/c1-5-13-36(14-6-1)39-21-23-41(24-22-39)42-29-32-46(33-30-42)49(45-19-11-4-12-20-45)48-34-31-44(38-17-9-3-10-18-38)35-47(48)43-27-25-40(26-28-43)37-15-7-2-8-16-37/h1-35H. The fourth-order valence-corrected chi connectivity index (χ4v) is 6.54. The molecule has 0 saturated carbocycles. The van der Waals surface area contributed by atoms with Crippen molar-refractivity contribution in [2.45, 2.75) is 0 Å². The van der Waals surface area contributed by atoms with Crippen molar-refractivity contribution in [2.75, 3.05) is 4.90 Å². The first-order chi connectivity index (χ1) is 24.3. The number of hydrogen-bond acceptors (Lipinski definition) is 1. The molecule has 0 spiro atoms. The van der Waals surface area contributed by atoms with Crippen LogP contribution in [-0.2, 0) is 0 Å². The highest BCUT2D eigenvalue weighted by atomic mass is 15.1. The van der Waals surface area contributed by atoms with E-state index in [0.29, 0.717) is 0 Å². The normalized spacial score (nSPS) is 10.9. The van der Waals surface area contributed by atoms with Crippen LogP contribution in [0.5, 0.6) is 0 Å². The van der Waals surface area contributed by atoms with Gasteiger partial charge in [-0.1, -0.05) is 176 Å². The summed E-state index contributed by atoms with van der Waals surface area (Å²) in [6, 6.07) is 76.0. The molecule has 0 aromatic heterocycles. The number of benzene rings is 8. The predicted molar refractivity (Wildman–Crippen MR) is 208 cm³/mol. The summed E-state index contributed by atoms with van der Waals surface area (Å²) in [7, 11) is 0. The summed E-state index contributed by atoms with van der Waals surface area (Å²) in [4.78, 5) is 2.37. The zero-order valence-electron chi connectivity index (χ0n) is 27.2. The molecular formula is C48H35N. The lowest BCUT2D eigenvalue weighted by molar-refractivity contribution is 1.28. The van der Waals surface area contributed by atoms with Crippen LogP contribution in [0.1, 0.15) is 0 Å². The van der Waals surface area contributed by atoms with Gasteiger partial charge in [0.15, 0.2) is 0 Å². The average Bonchev–Trinajstić information content (AvgIpc) is 3.20. The van der Waals surface area contributed by atoms with Gasteiger partial charge in [-0.2, -0.15) is 0 Å². The summed E-state index contributed by atoms with van der Waals surface area (Å²) in [5.41, 5.74) is 15.3. The fraction of sp³-hybridized carbons (Fsp3) is 0. The molecular weight excluding hydrogens is 591 g/mol. The number of rotatable bonds is 8. The van der Waals surface area contributed by atoms with Crippen LogP contribution in [0.25, 0.3) is 55.6 Å². The first kappa shape index (κ1) is 29.9. The highest BCUT2D eigenvalue weighted by molar-refractivity contribution is 5.91. The van der Waals surface area contributed by atoms with Crippen LogP contribution in [0, 0.1) is 0 Å². The van der Waals surface area contributed by atoms with Gasteiger partial charge in [0, 0.05) is 16.9 Å². The van der Waals surface area contributed by atoms with E-state index < -0.39 is 0 Å². The van der Waals surface area contributed by atoms with Crippen LogP contribution in [0.4, 0.5) is 17.1 Å². The lowest BCUT2D eigenvalue weighted by Crippen LogP contribution is -2.11. The third kappa shape index (κ3) is 6.43. The van der Waals surface area contributed by atoms with E-state index in [0.717, 1.165) is 17.1 Å². The molecule has 0 unspecified atom stereocenters. The maximum atomic E-state index is 2.37. The van der Waals surface area contributed by atoms with E-state index in [2.05, 4.69) is 217 Å². The molecule has 8 aromatic carbocycles. The van der Waals surface area contributed by atoms with Gasteiger partial charge >= 0.3 is 0 Å². The van der Waals surface area contributed by atoms with E-state index in [1.165, 1.54) is 55.6 Å². The van der Waals surface area contributed by atoms with Gasteiger partial charge in [0.1, 0.15) is 0 Å². The number of para-hydroxylation sites is 1. The topological polar surface area (TPSA) is 3.24 Å². The van der Waals surface area contributed by atoms with Gasteiger partial charge in [-0.25, -0.2) is 0 Å². The number of nitrogens with zero attached hydrogens (tertiary/aromatic N) is 1. The summed E-state index contributed by atoms with van der Waals surface area (Å²) in [5.74, 6) is 0. The van der Waals surface area contributed by atoms with E-state index in [-0.39, 0.29) is 0 Å². The molecule has 0 fully saturated rings. The maximum Gasteiger partial charge on any atom is 0.0540 e. The third-order valence-electron chi connectivity index (χ3n) is 9.11. The Morgan fingerprint density at radius 1 is 0.224 bits per heavy atom. The van der Waals surface area contributed by atoms with Gasteiger partial charge in [0.25, 0.3) is 0 Å². The molecule has 0 aliphatic heterocycles. The summed E-state index contributed by atoms with van der Waals surface area (Å²) < 4.78 is 0. The van der Waals surface area contributed by atoms with Gasteiger partial charge in [0.2, 0.25) is 0 Å². The van der Waals surface area contributed by atoms with Crippen molar-refractivity contribution >= 4 is 17.1 Å². The smallest absolute Gasteiger partial charge is 0.0540 e. The van der Waals surface area contributed by atoms with Crippen molar-refractivity contribution in [3.8, 4) is 55.6 Å². The van der Waals surface area contributed by atoms with Crippen molar-refractivity contribution in [2.24, 2.45) is 0 Å². The van der Waals surface area contributed by atoms with Gasteiger partial charge in [-0.05, 0) is 86.5 Å². The lowest BCUT2D eigenvalue weighted by Gasteiger charge is -2.28. The Morgan fingerprint density at radius 3 is 0.980 bits per heavy atom. The number of hydrogen-bond donors (Lipinski definition) is 0. The summed E-state index contributed by atoms with van der Waals surface area (Å²) in [6.07, 6.45) is 0. The molecule has 0 N–H and O–H groups in total. The summed E-state index contributed by atoms with van der Waals surface area (Å²) in [6.45, 7) is 0. The van der Waals surface area contributed by atoms with Gasteiger partial charge < -0.3 is 4.90 Å². The van der Waals surface area contributed by atoms with Crippen LogP contribution in [0.15, 0.2) is 212 Å². The molecule has 0 aliphatic rings. The third-order valence-corrected chi connectivity index (χ3v) is 9.11.